The first-order valence-electron chi connectivity index (χ1n) is 10.3. The van der Waals surface area contributed by atoms with E-state index in [1.54, 1.807) is 7.11 Å². The van der Waals surface area contributed by atoms with Gasteiger partial charge in [-0.15, -0.1) is 24.0 Å². The van der Waals surface area contributed by atoms with Crippen molar-refractivity contribution in [2.75, 3.05) is 26.0 Å². The van der Waals surface area contributed by atoms with Crippen LogP contribution in [0.4, 0.5) is 0 Å². The van der Waals surface area contributed by atoms with Crippen LogP contribution < -0.4 is 20.1 Å². The van der Waals surface area contributed by atoms with Crippen molar-refractivity contribution in [1.82, 2.24) is 10.6 Å². The number of halogens is 1. The topological polar surface area (TPSA) is 72.0 Å². The lowest BCUT2D eigenvalue weighted by atomic mass is 9.95. The molecule has 166 valence electrons. The molecule has 0 saturated heterocycles. The second-order valence-corrected chi connectivity index (χ2v) is 9.10. The Bertz CT molecular complexity index is 660. The van der Waals surface area contributed by atoms with E-state index in [1.165, 1.54) is 0 Å². The second-order valence-electron chi connectivity index (χ2n) is 7.10. The fourth-order valence-electron chi connectivity index (χ4n) is 3.45. The number of nitrogens with one attached hydrogen (secondary N) is 2. The molecule has 29 heavy (non-hydrogen) atoms. The zero-order valence-corrected chi connectivity index (χ0v) is 21.1. The number of nitrogens with zero attached hydrogens (tertiary/aromatic N) is 1. The third-order valence-electron chi connectivity index (χ3n) is 4.87. The molecule has 4 unspecified atom stereocenters. The van der Waals surface area contributed by atoms with Crippen molar-refractivity contribution in [1.29, 1.82) is 0 Å². The van der Waals surface area contributed by atoms with E-state index in [9.17, 15) is 4.21 Å². The third-order valence-corrected chi connectivity index (χ3v) is 6.61. The third kappa shape index (κ3) is 8.70. The van der Waals surface area contributed by atoms with E-state index in [1.807, 2.05) is 38.1 Å². The van der Waals surface area contributed by atoms with Gasteiger partial charge in [-0.2, -0.15) is 0 Å². The number of methoxy groups -OCH3 is 1. The predicted octanol–water partition coefficient (Wildman–Crippen LogP) is 3.72. The number of hydrogen-bond acceptors (Lipinski definition) is 4. The van der Waals surface area contributed by atoms with Gasteiger partial charge >= 0.3 is 0 Å². The molecule has 2 rings (SSSR count). The van der Waals surface area contributed by atoms with Gasteiger partial charge in [-0.25, -0.2) is 4.99 Å². The molecule has 6 nitrogen and oxygen atoms in total. The molecule has 0 amide bonds. The molecule has 0 aromatic heterocycles. The Labute approximate surface area is 195 Å². The van der Waals surface area contributed by atoms with E-state index in [0.717, 1.165) is 55.4 Å². The van der Waals surface area contributed by atoms with Gasteiger partial charge in [0.1, 0.15) is 6.10 Å². The van der Waals surface area contributed by atoms with E-state index in [0.29, 0.717) is 17.8 Å². The molecule has 4 atom stereocenters. The highest BCUT2D eigenvalue weighted by molar-refractivity contribution is 14.0. The molecule has 1 aromatic rings. The molecule has 0 aliphatic heterocycles. The number of rotatable bonds is 9. The molecule has 0 radical (unpaired) electrons. The maximum Gasteiger partial charge on any atom is 0.191 e. The summed E-state index contributed by atoms with van der Waals surface area (Å²) in [4.78, 5) is 4.70. The first-order chi connectivity index (χ1) is 13.6. The van der Waals surface area contributed by atoms with E-state index in [4.69, 9.17) is 14.5 Å². The Balaban J connectivity index is 0.00000420. The molecule has 0 bridgehead atoms. The SMILES string of the molecule is CCNC(=NCC(C)Oc1ccccc1OC)NC1CCCC(S(=O)CC)C1.I. The Kier molecular flexibility index (Phi) is 12.6. The van der Waals surface area contributed by atoms with Gasteiger partial charge < -0.3 is 20.1 Å². The predicted molar refractivity (Wildman–Crippen MR) is 132 cm³/mol. The number of guanidine groups is 1. The molecule has 2 N–H and O–H groups in total. The molecule has 0 heterocycles. The van der Waals surface area contributed by atoms with Crippen LogP contribution in [-0.4, -0.2) is 53.5 Å². The van der Waals surface area contributed by atoms with Gasteiger partial charge in [0.25, 0.3) is 0 Å². The summed E-state index contributed by atoms with van der Waals surface area (Å²) in [7, 11) is 0.918. The van der Waals surface area contributed by atoms with Gasteiger partial charge in [0, 0.05) is 34.4 Å². The maximum absolute atomic E-state index is 12.2. The Morgan fingerprint density at radius 2 is 2.00 bits per heavy atom. The lowest BCUT2D eigenvalue weighted by molar-refractivity contribution is 0.219. The summed E-state index contributed by atoms with van der Waals surface area (Å²) in [5.74, 6) is 2.98. The Morgan fingerprint density at radius 3 is 2.66 bits per heavy atom. The van der Waals surface area contributed by atoms with Crippen LogP contribution in [0.5, 0.6) is 11.5 Å². The smallest absolute Gasteiger partial charge is 0.191 e. The van der Waals surface area contributed by atoms with E-state index in [-0.39, 0.29) is 30.1 Å². The van der Waals surface area contributed by atoms with Crippen molar-refractivity contribution >= 4 is 40.7 Å². The lowest BCUT2D eigenvalue weighted by Gasteiger charge is -2.30. The number of benzene rings is 1. The lowest BCUT2D eigenvalue weighted by Crippen LogP contribution is -2.47. The standard InChI is InChI=1S/C21H35N3O3S.HI/c1-5-22-21(24-17-10-9-11-18(14-17)28(25)6-2)23-15-16(3)27-20-13-8-7-12-19(20)26-4;/h7-8,12-13,16-18H,5-6,9-11,14-15H2,1-4H3,(H2,22,23,24);1H. The highest BCUT2D eigenvalue weighted by atomic mass is 127. The van der Waals surface area contributed by atoms with Crippen LogP contribution in [0.15, 0.2) is 29.3 Å². The molecule has 1 aliphatic carbocycles. The molecule has 1 saturated carbocycles. The number of hydrogen-bond donors (Lipinski definition) is 2. The summed E-state index contributed by atoms with van der Waals surface area (Å²) in [5, 5.41) is 7.14. The summed E-state index contributed by atoms with van der Waals surface area (Å²) in [5.41, 5.74) is 0. The normalized spacial score (nSPS) is 21.4. The molecular weight excluding hydrogens is 501 g/mol. The van der Waals surface area contributed by atoms with Crippen molar-refractivity contribution in [2.45, 2.75) is 63.9 Å². The maximum atomic E-state index is 12.2. The summed E-state index contributed by atoms with van der Waals surface area (Å²) in [6, 6.07) is 7.96. The second kappa shape index (κ2) is 14.1. The minimum atomic E-state index is -0.722. The highest BCUT2D eigenvalue weighted by Gasteiger charge is 2.26. The summed E-state index contributed by atoms with van der Waals surface area (Å²) >= 11 is 0. The zero-order valence-electron chi connectivity index (χ0n) is 18.0. The number of para-hydroxylation sites is 2. The van der Waals surface area contributed by atoms with Crippen molar-refractivity contribution in [3.63, 3.8) is 0 Å². The van der Waals surface area contributed by atoms with Crippen molar-refractivity contribution in [2.24, 2.45) is 4.99 Å². The molecule has 1 fully saturated rings. The first kappa shape index (κ1) is 26.0. The van der Waals surface area contributed by atoms with Gasteiger partial charge in [-0.1, -0.05) is 25.5 Å². The largest absolute Gasteiger partial charge is 0.493 e. The zero-order chi connectivity index (χ0) is 20.4. The van der Waals surface area contributed by atoms with E-state index in [2.05, 4.69) is 17.6 Å². The van der Waals surface area contributed by atoms with E-state index < -0.39 is 10.8 Å². The highest BCUT2D eigenvalue weighted by Crippen LogP contribution is 2.27. The summed E-state index contributed by atoms with van der Waals surface area (Å²) in [6.07, 6.45) is 4.13. The quantitative estimate of drug-likeness (QED) is 0.286. The van der Waals surface area contributed by atoms with Crippen molar-refractivity contribution in [3.05, 3.63) is 24.3 Å². The van der Waals surface area contributed by atoms with Crippen molar-refractivity contribution in [3.8, 4) is 11.5 Å². The minimum absolute atomic E-state index is 0. The summed E-state index contributed by atoms with van der Waals surface area (Å²) in [6.45, 7) is 7.39. The van der Waals surface area contributed by atoms with Crippen LogP contribution in [0.3, 0.4) is 0 Å². The number of ether oxygens (including phenoxy) is 2. The minimum Gasteiger partial charge on any atom is -0.493 e. The van der Waals surface area contributed by atoms with Gasteiger partial charge in [-0.05, 0) is 45.2 Å². The molecule has 1 aromatic carbocycles. The van der Waals surface area contributed by atoms with Crippen LogP contribution in [0, 0.1) is 0 Å². The van der Waals surface area contributed by atoms with Gasteiger partial charge in [-0.3, -0.25) is 4.21 Å². The molecule has 8 heteroatoms. The van der Waals surface area contributed by atoms with Gasteiger partial charge in [0.2, 0.25) is 0 Å². The monoisotopic (exact) mass is 537 g/mol. The average molecular weight is 538 g/mol. The fraction of sp³-hybridized carbons (Fsp3) is 0.667. The number of aliphatic imine (C=N–C) groups is 1. The van der Waals surface area contributed by atoms with Crippen LogP contribution in [0.1, 0.15) is 46.5 Å². The van der Waals surface area contributed by atoms with Crippen LogP contribution in [0.25, 0.3) is 0 Å². The van der Waals surface area contributed by atoms with Gasteiger partial charge in [0.15, 0.2) is 17.5 Å². The Morgan fingerprint density at radius 1 is 1.28 bits per heavy atom. The van der Waals surface area contributed by atoms with E-state index >= 15 is 0 Å². The molecule has 0 spiro atoms. The van der Waals surface area contributed by atoms with Crippen LogP contribution in [-0.2, 0) is 10.8 Å². The molecule has 1 aliphatic rings. The van der Waals surface area contributed by atoms with Crippen LogP contribution >= 0.6 is 24.0 Å². The molecular formula is C21H36IN3O3S. The Hall–Kier alpha value is -1.03. The first-order valence-corrected chi connectivity index (χ1v) is 11.7. The average Bonchev–Trinajstić information content (AvgIpc) is 2.72. The van der Waals surface area contributed by atoms with Gasteiger partial charge in [0.05, 0.1) is 13.7 Å². The van der Waals surface area contributed by atoms with Crippen LogP contribution in [0.2, 0.25) is 0 Å². The van der Waals surface area contributed by atoms with Crippen molar-refractivity contribution < 1.29 is 13.7 Å². The fourth-order valence-corrected chi connectivity index (χ4v) is 4.80. The summed E-state index contributed by atoms with van der Waals surface area (Å²) < 4.78 is 23.5.